The lowest BCUT2D eigenvalue weighted by molar-refractivity contribution is 0.186. The van der Waals surface area contributed by atoms with Crippen molar-refractivity contribution in [3.05, 3.63) is 35.9 Å². The minimum Gasteiger partial charge on any atom is -0.303 e. The van der Waals surface area contributed by atoms with Crippen molar-refractivity contribution in [3.8, 4) is 0 Å². The van der Waals surface area contributed by atoms with Crippen LogP contribution in [0.5, 0.6) is 0 Å². The maximum Gasteiger partial charge on any atom is 0.00219 e. The van der Waals surface area contributed by atoms with Crippen LogP contribution in [0.4, 0.5) is 0 Å². The molecule has 0 saturated carbocycles. The Morgan fingerprint density at radius 1 is 1.27 bits per heavy atom. The Bertz CT molecular complexity index is 281. The van der Waals surface area contributed by atoms with Gasteiger partial charge in [-0.25, -0.2) is 0 Å². The number of nitrogens with zero attached hydrogens (tertiary/aromatic N) is 1. The first-order valence-corrected chi connectivity index (χ1v) is 6.11. The molecule has 1 aromatic carbocycles. The van der Waals surface area contributed by atoms with Crippen LogP contribution in [0.3, 0.4) is 0 Å². The summed E-state index contributed by atoms with van der Waals surface area (Å²) in [7, 11) is 0. The normalized spacial score (nSPS) is 22.9. The SMILES string of the molecule is C[C@@H]1CCCN(CCc2ccccc2)C1. The van der Waals surface area contributed by atoms with Crippen molar-refractivity contribution in [2.75, 3.05) is 19.6 Å². The van der Waals surface area contributed by atoms with Crippen LogP contribution >= 0.6 is 0 Å². The number of benzene rings is 1. The predicted octanol–water partition coefficient (Wildman–Crippen LogP) is 2.96. The van der Waals surface area contributed by atoms with Gasteiger partial charge in [-0.3, -0.25) is 0 Å². The first-order chi connectivity index (χ1) is 7.34. The highest BCUT2D eigenvalue weighted by molar-refractivity contribution is 5.14. The molecule has 1 atom stereocenters. The van der Waals surface area contributed by atoms with E-state index in [1.54, 1.807) is 0 Å². The lowest BCUT2D eigenvalue weighted by Crippen LogP contribution is -2.35. The molecule has 1 aliphatic heterocycles. The zero-order valence-electron chi connectivity index (χ0n) is 9.65. The summed E-state index contributed by atoms with van der Waals surface area (Å²) >= 11 is 0. The van der Waals surface area contributed by atoms with E-state index in [1.165, 1.54) is 44.5 Å². The Morgan fingerprint density at radius 2 is 2.07 bits per heavy atom. The molecule has 0 spiro atoms. The lowest BCUT2D eigenvalue weighted by Gasteiger charge is -2.30. The van der Waals surface area contributed by atoms with E-state index in [0.29, 0.717) is 0 Å². The zero-order chi connectivity index (χ0) is 10.5. The Hall–Kier alpha value is -0.820. The van der Waals surface area contributed by atoms with Crippen LogP contribution in [-0.2, 0) is 6.42 Å². The molecule has 0 aromatic heterocycles. The van der Waals surface area contributed by atoms with E-state index in [0.717, 1.165) is 5.92 Å². The van der Waals surface area contributed by atoms with Gasteiger partial charge < -0.3 is 4.90 Å². The summed E-state index contributed by atoms with van der Waals surface area (Å²) in [6.45, 7) is 6.20. The standard InChI is InChI=1S/C14H21N/c1-13-6-5-10-15(12-13)11-9-14-7-3-2-4-8-14/h2-4,7-8,13H,5-6,9-12H2,1H3/t13-/m1/s1. The molecule has 2 rings (SSSR count). The molecule has 1 aromatic rings. The summed E-state index contributed by atoms with van der Waals surface area (Å²) < 4.78 is 0. The highest BCUT2D eigenvalue weighted by Crippen LogP contribution is 2.15. The van der Waals surface area contributed by atoms with Crippen molar-refractivity contribution in [1.29, 1.82) is 0 Å². The summed E-state index contributed by atoms with van der Waals surface area (Å²) in [6.07, 6.45) is 4.01. The second-order valence-electron chi connectivity index (χ2n) is 4.78. The highest BCUT2D eigenvalue weighted by atomic mass is 15.1. The van der Waals surface area contributed by atoms with Gasteiger partial charge in [0.2, 0.25) is 0 Å². The fourth-order valence-electron chi connectivity index (χ4n) is 2.42. The van der Waals surface area contributed by atoms with Crippen LogP contribution in [0.15, 0.2) is 30.3 Å². The van der Waals surface area contributed by atoms with Crippen molar-refractivity contribution < 1.29 is 0 Å². The van der Waals surface area contributed by atoms with Crippen LogP contribution < -0.4 is 0 Å². The number of likely N-dealkylation sites (tertiary alicyclic amines) is 1. The van der Waals surface area contributed by atoms with E-state index in [4.69, 9.17) is 0 Å². The molecule has 1 fully saturated rings. The molecule has 15 heavy (non-hydrogen) atoms. The topological polar surface area (TPSA) is 3.24 Å². The van der Waals surface area contributed by atoms with Crippen molar-refractivity contribution in [2.24, 2.45) is 5.92 Å². The van der Waals surface area contributed by atoms with Gasteiger partial charge in [-0.2, -0.15) is 0 Å². The molecular weight excluding hydrogens is 182 g/mol. The quantitative estimate of drug-likeness (QED) is 0.730. The molecular formula is C14H21N. The second-order valence-corrected chi connectivity index (χ2v) is 4.78. The van der Waals surface area contributed by atoms with E-state index in [2.05, 4.69) is 42.2 Å². The second kappa shape index (κ2) is 5.32. The van der Waals surface area contributed by atoms with Gasteiger partial charge in [0.15, 0.2) is 0 Å². The molecule has 0 radical (unpaired) electrons. The highest BCUT2D eigenvalue weighted by Gasteiger charge is 2.15. The maximum atomic E-state index is 2.61. The predicted molar refractivity (Wildman–Crippen MR) is 65.0 cm³/mol. The molecule has 1 heteroatoms. The monoisotopic (exact) mass is 203 g/mol. The lowest BCUT2D eigenvalue weighted by atomic mass is 10.00. The maximum absolute atomic E-state index is 2.61. The average molecular weight is 203 g/mol. The molecule has 0 amide bonds. The third kappa shape index (κ3) is 3.35. The van der Waals surface area contributed by atoms with Gasteiger partial charge >= 0.3 is 0 Å². The van der Waals surface area contributed by atoms with Gasteiger partial charge in [0, 0.05) is 13.1 Å². The Balaban J connectivity index is 1.78. The molecule has 82 valence electrons. The average Bonchev–Trinajstić information content (AvgIpc) is 2.28. The molecule has 0 aliphatic carbocycles. The largest absolute Gasteiger partial charge is 0.303 e. The van der Waals surface area contributed by atoms with Gasteiger partial charge in [-0.15, -0.1) is 0 Å². The van der Waals surface area contributed by atoms with Gasteiger partial charge in [-0.05, 0) is 37.3 Å². The number of rotatable bonds is 3. The summed E-state index contributed by atoms with van der Waals surface area (Å²) in [5.41, 5.74) is 1.47. The number of hydrogen-bond acceptors (Lipinski definition) is 1. The van der Waals surface area contributed by atoms with Gasteiger partial charge in [0.25, 0.3) is 0 Å². The third-order valence-corrected chi connectivity index (χ3v) is 3.30. The molecule has 1 nitrogen and oxygen atoms in total. The molecule has 1 aliphatic rings. The summed E-state index contributed by atoms with van der Waals surface area (Å²) in [4.78, 5) is 2.61. The zero-order valence-corrected chi connectivity index (χ0v) is 9.65. The van der Waals surface area contributed by atoms with Crippen LogP contribution in [0.25, 0.3) is 0 Å². The number of piperidine rings is 1. The van der Waals surface area contributed by atoms with E-state index in [1.807, 2.05) is 0 Å². The summed E-state index contributed by atoms with van der Waals surface area (Å²) in [5, 5.41) is 0. The number of hydrogen-bond donors (Lipinski definition) is 0. The van der Waals surface area contributed by atoms with E-state index < -0.39 is 0 Å². The Labute approximate surface area is 93.1 Å². The van der Waals surface area contributed by atoms with Crippen LogP contribution in [0.2, 0.25) is 0 Å². The molecule has 1 saturated heterocycles. The van der Waals surface area contributed by atoms with Crippen LogP contribution in [0.1, 0.15) is 25.3 Å². The molecule has 1 heterocycles. The van der Waals surface area contributed by atoms with Crippen molar-refractivity contribution >= 4 is 0 Å². The molecule has 0 unspecified atom stereocenters. The summed E-state index contributed by atoms with van der Waals surface area (Å²) in [6, 6.07) is 10.8. The minimum absolute atomic E-state index is 0.898. The van der Waals surface area contributed by atoms with E-state index in [9.17, 15) is 0 Å². The summed E-state index contributed by atoms with van der Waals surface area (Å²) in [5.74, 6) is 0.898. The van der Waals surface area contributed by atoms with Crippen LogP contribution in [-0.4, -0.2) is 24.5 Å². The minimum atomic E-state index is 0.898. The smallest absolute Gasteiger partial charge is 0.00219 e. The van der Waals surface area contributed by atoms with Gasteiger partial charge in [0.05, 0.1) is 0 Å². The fraction of sp³-hybridized carbons (Fsp3) is 0.571. The van der Waals surface area contributed by atoms with Crippen LogP contribution in [0, 0.1) is 5.92 Å². The Kier molecular flexibility index (Phi) is 3.79. The van der Waals surface area contributed by atoms with Crippen molar-refractivity contribution in [3.63, 3.8) is 0 Å². The van der Waals surface area contributed by atoms with Gasteiger partial charge in [0.1, 0.15) is 0 Å². The first-order valence-electron chi connectivity index (χ1n) is 6.11. The molecule has 0 N–H and O–H groups in total. The van der Waals surface area contributed by atoms with E-state index in [-0.39, 0.29) is 0 Å². The Morgan fingerprint density at radius 3 is 2.80 bits per heavy atom. The van der Waals surface area contributed by atoms with Crippen molar-refractivity contribution in [2.45, 2.75) is 26.2 Å². The fourth-order valence-corrected chi connectivity index (χ4v) is 2.42. The van der Waals surface area contributed by atoms with E-state index >= 15 is 0 Å². The van der Waals surface area contributed by atoms with Gasteiger partial charge in [-0.1, -0.05) is 37.3 Å². The first kappa shape index (κ1) is 10.7. The third-order valence-electron chi connectivity index (χ3n) is 3.30. The van der Waals surface area contributed by atoms with Crippen molar-refractivity contribution in [1.82, 2.24) is 4.90 Å². The molecule has 0 bridgehead atoms.